The number of hydrogen-bond donors (Lipinski definition) is 2. The van der Waals surface area contributed by atoms with Crippen LogP contribution in [0.2, 0.25) is 0 Å². The third-order valence-corrected chi connectivity index (χ3v) is 2.92. The zero-order chi connectivity index (χ0) is 15.3. The van der Waals surface area contributed by atoms with Gasteiger partial charge in [-0.15, -0.1) is 34.2 Å². The molecule has 0 spiro atoms. The zero-order valence-corrected chi connectivity index (χ0v) is 16.2. The first kappa shape index (κ1) is 21.1. The van der Waals surface area contributed by atoms with Gasteiger partial charge in [-0.1, -0.05) is 6.92 Å². The Labute approximate surface area is 150 Å². The Hall–Kier alpha value is -0.900. The van der Waals surface area contributed by atoms with E-state index in [0.29, 0.717) is 0 Å². The molecule has 0 bridgehead atoms. The smallest absolute Gasteiger partial charge is 0.191 e. The molecule has 0 fully saturated rings. The highest BCUT2D eigenvalue weighted by molar-refractivity contribution is 14.0. The van der Waals surface area contributed by atoms with Gasteiger partial charge >= 0.3 is 0 Å². The van der Waals surface area contributed by atoms with Crippen LogP contribution in [0.1, 0.15) is 33.0 Å². The van der Waals surface area contributed by atoms with E-state index in [9.17, 15) is 0 Å². The van der Waals surface area contributed by atoms with Crippen LogP contribution in [-0.2, 0) is 17.7 Å². The number of aromatic nitrogens is 3. The SMILES string of the molecule is CCNC(=NCCCOCC)NCCn1cnnc1CC.I. The molecular weight excluding hydrogens is 395 g/mol. The molecule has 0 aliphatic rings. The highest BCUT2D eigenvalue weighted by atomic mass is 127. The maximum absolute atomic E-state index is 5.30. The van der Waals surface area contributed by atoms with Gasteiger partial charge in [-0.25, -0.2) is 0 Å². The molecule has 7 nitrogen and oxygen atoms in total. The third kappa shape index (κ3) is 8.52. The number of rotatable bonds is 10. The molecule has 1 rings (SSSR count). The van der Waals surface area contributed by atoms with Crippen molar-refractivity contribution in [2.24, 2.45) is 4.99 Å². The predicted octanol–water partition coefficient (Wildman–Crippen LogP) is 1.44. The average molecular weight is 424 g/mol. The van der Waals surface area contributed by atoms with Crippen LogP contribution in [-0.4, -0.2) is 53.6 Å². The summed E-state index contributed by atoms with van der Waals surface area (Å²) in [7, 11) is 0. The van der Waals surface area contributed by atoms with Crippen LogP contribution in [0.3, 0.4) is 0 Å². The molecule has 0 atom stereocenters. The molecule has 0 aliphatic heterocycles. The largest absolute Gasteiger partial charge is 0.382 e. The molecule has 2 N–H and O–H groups in total. The quantitative estimate of drug-likeness (QED) is 0.257. The Balaban J connectivity index is 0.00000441. The summed E-state index contributed by atoms with van der Waals surface area (Å²) in [6.07, 6.45) is 3.61. The summed E-state index contributed by atoms with van der Waals surface area (Å²) in [5.74, 6) is 1.86. The summed E-state index contributed by atoms with van der Waals surface area (Å²) in [6.45, 7) is 10.9. The first-order valence-corrected chi connectivity index (χ1v) is 7.78. The number of halogens is 1. The lowest BCUT2D eigenvalue weighted by Gasteiger charge is -2.12. The van der Waals surface area contributed by atoms with Crippen LogP contribution in [0, 0.1) is 0 Å². The lowest BCUT2D eigenvalue weighted by Crippen LogP contribution is -2.39. The van der Waals surface area contributed by atoms with Gasteiger partial charge in [-0.3, -0.25) is 4.99 Å². The van der Waals surface area contributed by atoms with E-state index in [-0.39, 0.29) is 24.0 Å². The van der Waals surface area contributed by atoms with E-state index in [2.05, 4.69) is 44.2 Å². The number of ether oxygens (including phenoxy) is 1. The Bertz CT molecular complexity index is 410. The molecule has 0 saturated carbocycles. The van der Waals surface area contributed by atoms with Gasteiger partial charge in [0.1, 0.15) is 12.2 Å². The van der Waals surface area contributed by atoms with Crippen LogP contribution >= 0.6 is 24.0 Å². The van der Waals surface area contributed by atoms with Crippen molar-refractivity contribution in [1.82, 2.24) is 25.4 Å². The fourth-order valence-corrected chi connectivity index (χ4v) is 1.88. The van der Waals surface area contributed by atoms with Gasteiger partial charge < -0.3 is 19.9 Å². The van der Waals surface area contributed by atoms with E-state index < -0.39 is 0 Å². The molecule has 1 aromatic heterocycles. The minimum atomic E-state index is 0. The second kappa shape index (κ2) is 13.7. The number of aliphatic imine (C=N–C) groups is 1. The maximum Gasteiger partial charge on any atom is 0.191 e. The molecule has 1 heterocycles. The minimum Gasteiger partial charge on any atom is -0.382 e. The van der Waals surface area contributed by atoms with Gasteiger partial charge in [-0.2, -0.15) is 0 Å². The van der Waals surface area contributed by atoms with Crippen LogP contribution in [0.25, 0.3) is 0 Å². The zero-order valence-electron chi connectivity index (χ0n) is 13.8. The summed E-state index contributed by atoms with van der Waals surface area (Å²) in [4.78, 5) is 4.52. The fraction of sp³-hybridized carbons (Fsp3) is 0.786. The summed E-state index contributed by atoms with van der Waals surface area (Å²) < 4.78 is 7.36. The van der Waals surface area contributed by atoms with Gasteiger partial charge in [0.15, 0.2) is 5.96 Å². The number of guanidine groups is 1. The highest BCUT2D eigenvalue weighted by Crippen LogP contribution is 1.94. The van der Waals surface area contributed by atoms with Gasteiger partial charge in [0, 0.05) is 45.8 Å². The minimum absolute atomic E-state index is 0. The van der Waals surface area contributed by atoms with Gasteiger partial charge in [-0.05, 0) is 20.3 Å². The van der Waals surface area contributed by atoms with Crippen molar-refractivity contribution in [2.75, 3.05) is 32.8 Å². The van der Waals surface area contributed by atoms with Gasteiger partial charge in [0.05, 0.1) is 0 Å². The van der Waals surface area contributed by atoms with Gasteiger partial charge in [0.2, 0.25) is 0 Å². The van der Waals surface area contributed by atoms with Crippen molar-refractivity contribution in [3.8, 4) is 0 Å². The molecule has 0 unspecified atom stereocenters. The van der Waals surface area contributed by atoms with E-state index in [0.717, 1.165) is 64.0 Å². The summed E-state index contributed by atoms with van der Waals surface area (Å²) in [5.41, 5.74) is 0. The van der Waals surface area contributed by atoms with Crippen molar-refractivity contribution in [1.29, 1.82) is 0 Å². The van der Waals surface area contributed by atoms with Crippen LogP contribution in [0.5, 0.6) is 0 Å². The number of aryl methyl sites for hydroxylation is 1. The first-order valence-electron chi connectivity index (χ1n) is 7.78. The second-order valence-electron chi connectivity index (χ2n) is 4.53. The standard InChI is InChI=1S/C14H28N6O.HI/c1-4-13-19-18-12-20(13)10-9-17-14(15-5-2)16-8-7-11-21-6-3;/h12H,4-11H2,1-3H3,(H2,15,16,17);1H. The topological polar surface area (TPSA) is 76.4 Å². The molecule has 0 aliphatic carbocycles. The first-order chi connectivity index (χ1) is 10.3. The van der Waals surface area contributed by atoms with Crippen molar-refractivity contribution in [2.45, 2.75) is 40.2 Å². The van der Waals surface area contributed by atoms with E-state index in [1.165, 1.54) is 0 Å². The Morgan fingerprint density at radius 2 is 2.14 bits per heavy atom. The molecule has 1 aromatic rings. The summed E-state index contributed by atoms with van der Waals surface area (Å²) >= 11 is 0. The summed E-state index contributed by atoms with van der Waals surface area (Å²) in [5, 5.41) is 14.6. The van der Waals surface area contributed by atoms with E-state index in [1.807, 2.05) is 6.92 Å². The Morgan fingerprint density at radius 3 is 2.82 bits per heavy atom. The Kier molecular flexibility index (Phi) is 13.2. The number of nitrogens with zero attached hydrogens (tertiary/aromatic N) is 4. The molecule has 22 heavy (non-hydrogen) atoms. The van der Waals surface area contributed by atoms with Crippen molar-refractivity contribution < 1.29 is 4.74 Å². The molecule has 0 radical (unpaired) electrons. The molecule has 128 valence electrons. The second-order valence-corrected chi connectivity index (χ2v) is 4.53. The molecular formula is C14H29IN6O. The maximum atomic E-state index is 5.30. The monoisotopic (exact) mass is 424 g/mol. The van der Waals surface area contributed by atoms with Crippen LogP contribution in [0.4, 0.5) is 0 Å². The van der Waals surface area contributed by atoms with Crippen molar-refractivity contribution in [3.05, 3.63) is 12.2 Å². The van der Waals surface area contributed by atoms with E-state index in [4.69, 9.17) is 4.74 Å². The normalized spacial score (nSPS) is 11.1. The summed E-state index contributed by atoms with van der Waals surface area (Å²) in [6, 6.07) is 0. The fourth-order valence-electron chi connectivity index (χ4n) is 1.88. The molecule has 0 amide bonds. The number of nitrogens with one attached hydrogen (secondary N) is 2. The highest BCUT2D eigenvalue weighted by Gasteiger charge is 2.02. The molecule has 0 saturated heterocycles. The van der Waals surface area contributed by atoms with Crippen LogP contribution < -0.4 is 10.6 Å². The average Bonchev–Trinajstić information content (AvgIpc) is 2.94. The van der Waals surface area contributed by atoms with E-state index in [1.54, 1.807) is 6.33 Å². The number of hydrogen-bond acceptors (Lipinski definition) is 4. The van der Waals surface area contributed by atoms with E-state index >= 15 is 0 Å². The lowest BCUT2D eigenvalue weighted by atomic mass is 10.4. The third-order valence-electron chi connectivity index (χ3n) is 2.92. The predicted molar refractivity (Wildman–Crippen MR) is 99.9 cm³/mol. The van der Waals surface area contributed by atoms with Crippen LogP contribution in [0.15, 0.2) is 11.3 Å². The van der Waals surface area contributed by atoms with Gasteiger partial charge in [0.25, 0.3) is 0 Å². The van der Waals surface area contributed by atoms with Crippen molar-refractivity contribution in [3.63, 3.8) is 0 Å². The Morgan fingerprint density at radius 1 is 1.32 bits per heavy atom. The molecule has 8 heteroatoms. The lowest BCUT2D eigenvalue weighted by molar-refractivity contribution is 0.146. The molecule has 0 aromatic carbocycles. The van der Waals surface area contributed by atoms with Crippen molar-refractivity contribution >= 4 is 29.9 Å².